The Morgan fingerprint density at radius 1 is 1.08 bits per heavy atom. The summed E-state index contributed by atoms with van der Waals surface area (Å²) in [6, 6.07) is 16.9. The number of anilines is 1. The molecule has 0 unspecified atom stereocenters. The van der Waals surface area contributed by atoms with Crippen LogP contribution in [-0.4, -0.2) is 20.9 Å². The highest BCUT2D eigenvalue weighted by Crippen LogP contribution is 2.18. The normalized spacial score (nSPS) is 11.3. The van der Waals surface area contributed by atoms with Gasteiger partial charge in [-0.1, -0.05) is 17.7 Å². The molecule has 0 atom stereocenters. The van der Waals surface area contributed by atoms with E-state index in [1.807, 2.05) is 37.3 Å². The topological polar surface area (TPSA) is 73.0 Å². The number of fused-ring (bicyclic) bond motifs is 1. The summed E-state index contributed by atoms with van der Waals surface area (Å²) < 4.78 is 5.16. The molecule has 1 amide bonds. The third-order valence-electron chi connectivity index (χ3n) is 3.85. The van der Waals surface area contributed by atoms with Gasteiger partial charge in [-0.3, -0.25) is 4.79 Å². The molecule has 0 aliphatic heterocycles. The maximum absolute atomic E-state index is 12.0. The molecule has 0 radical (unpaired) electrons. The predicted molar refractivity (Wildman–Crippen MR) is 100.0 cm³/mol. The molecule has 6 heteroatoms. The van der Waals surface area contributed by atoms with Gasteiger partial charge in [0.15, 0.2) is 0 Å². The monoisotopic (exact) mass is 344 g/mol. The number of amides is 1. The molecule has 128 valence electrons. The fraction of sp³-hybridized carbons (Fsp3) is 0.0500. The molecular weight excluding hydrogens is 328 g/mol. The average molecular weight is 344 g/mol. The van der Waals surface area contributed by atoms with E-state index in [2.05, 4.69) is 15.5 Å². The van der Waals surface area contributed by atoms with Crippen molar-refractivity contribution < 1.29 is 9.21 Å². The maximum Gasteiger partial charge on any atom is 0.248 e. The number of aromatic nitrogens is 3. The highest BCUT2D eigenvalue weighted by molar-refractivity contribution is 6.02. The fourth-order valence-electron chi connectivity index (χ4n) is 2.51. The van der Waals surface area contributed by atoms with Crippen molar-refractivity contribution in [3.8, 4) is 5.69 Å². The lowest BCUT2D eigenvalue weighted by Crippen LogP contribution is -2.07. The molecule has 0 saturated carbocycles. The summed E-state index contributed by atoms with van der Waals surface area (Å²) in [6.07, 6.45) is 4.59. The molecule has 0 fully saturated rings. The molecule has 2 heterocycles. The first-order valence-corrected chi connectivity index (χ1v) is 8.14. The van der Waals surface area contributed by atoms with Crippen LogP contribution >= 0.6 is 0 Å². The molecule has 26 heavy (non-hydrogen) atoms. The zero-order valence-electron chi connectivity index (χ0n) is 14.1. The van der Waals surface area contributed by atoms with Crippen LogP contribution < -0.4 is 5.32 Å². The van der Waals surface area contributed by atoms with E-state index in [0.717, 1.165) is 11.2 Å². The van der Waals surface area contributed by atoms with E-state index in [-0.39, 0.29) is 5.91 Å². The second kappa shape index (κ2) is 6.68. The van der Waals surface area contributed by atoms with Crippen molar-refractivity contribution in [1.29, 1.82) is 0 Å². The molecule has 0 bridgehead atoms. The number of aryl methyl sites for hydroxylation is 1. The van der Waals surface area contributed by atoms with Gasteiger partial charge >= 0.3 is 0 Å². The third kappa shape index (κ3) is 3.39. The fourth-order valence-corrected chi connectivity index (χ4v) is 2.51. The highest BCUT2D eigenvalue weighted by atomic mass is 16.3. The Bertz CT molecular complexity index is 1080. The van der Waals surface area contributed by atoms with E-state index in [4.69, 9.17) is 4.42 Å². The minimum Gasteiger partial charge on any atom is -0.465 e. The number of hydrogen-bond donors (Lipinski definition) is 1. The van der Waals surface area contributed by atoms with Crippen LogP contribution in [-0.2, 0) is 4.79 Å². The van der Waals surface area contributed by atoms with Gasteiger partial charge < -0.3 is 9.73 Å². The first kappa shape index (κ1) is 15.8. The number of hydrogen-bond acceptors (Lipinski definition) is 4. The maximum atomic E-state index is 12.0. The second-order valence-electron chi connectivity index (χ2n) is 5.87. The highest BCUT2D eigenvalue weighted by Gasteiger charge is 2.07. The molecule has 0 spiro atoms. The first-order chi connectivity index (χ1) is 12.7. The molecule has 6 nitrogen and oxygen atoms in total. The number of nitrogens with zero attached hydrogens (tertiary/aromatic N) is 3. The van der Waals surface area contributed by atoms with Crippen LogP contribution in [0.5, 0.6) is 0 Å². The summed E-state index contributed by atoms with van der Waals surface area (Å²) in [5.74, 6) is 0.378. The Hall–Kier alpha value is -3.67. The summed E-state index contributed by atoms with van der Waals surface area (Å²) in [5, 5.41) is 11.8. The number of nitrogens with one attached hydrogen (secondary N) is 1. The Labute approximate surface area is 149 Å². The number of carbonyl (C=O) groups is 1. The summed E-state index contributed by atoms with van der Waals surface area (Å²) in [7, 11) is 0. The van der Waals surface area contributed by atoms with Crippen LogP contribution in [0.1, 0.15) is 11.3 Å². The summed E-state index contributed by atoms with van der Waals surface area (Å²) >= 11 is 0. The molecule has 0 aliphatic carbocycles. The van der Waals surface area contributed by atoms with Gasteiger partial charge in [-0.15, -0.1) is 10.2 Å². The van der Waals surface area contributed by atoms with Crippen LogP contribution in [0.2, 0.25) is 0 Å². The second-order valence-corrected chi connectivity index (χ2v) is 5.87. The predicted octanol–water partition coefficient (Wildman–Crippen LogP) is 3.97. The third-order valence-corrected chi connectivity index (χ3v) is 3.85. The molecule has 4 rings (SSSR count). The van der Waals surface area contributed by atoms with Gasteiger partial charge in [-0.25, -0.2) is 0 Å². The SMILES string of the molecule is Cc1ccc(-n2nc3ccc(NC(=O)C=Cc4ccco4)cc3n2)cc1. The summed E-state index contributed by atoms with van der Waals surface area (Å²) in [6.45, 7) is 2.03. The van der Waals surface area contributed by atoms with E-state index in [9.17, 15) is 4.79 Å². The van der Waals surface area contributed by atoms with Crippen LogP contribution in [0.25, 0.3) is 22.8 Å². The molecule has 0 saturated heterocycles. The first-order valence-electron chi connectivity index (χ1n) is 8.14. The molecule has 2 aromatic heterocycles. The van der Waals surface area contributed by atoms with E-state index >= 15 is 0 Å². The van der Waals surface area contributed by atoms with Crippen molar-refractivity contribution in [1.82, 2.24) is 15.0 Å². The number of rotatable bonds is 4. The van der Waals surface area contributed by atoms with Crippen molar-refractivity contribution in [2.24, 2.45) is 0 Å². The van der Waals surface area contributed by atoms with Gasteiger partial charge in [-0.05, 0) is 55.5 Å². The van der Waals surface area contributed by atoms with Crippen LogP contribution in [0.15, 0.2) is 71.4 Å². The average Bonchev–Trinajstić information content (AvgIpc) is 3.30. The molecular formula is C20H16N4O2. The summed E-state index contributed by atoms with van der Waals surface area (Å²) in [5.41, 5.74) is 4.19. The zero-order chi connectivity index (χ0) is 17.9. The molecule has 4 aromatic rings. The van der Waals surface area contributed by atoms with Crippen molar-refractivity contribution >= 4 is 28.7 Å². The lowest BCUT2D eigenvalue weighted by atomic mass is 10.2. The minimum atomic E-state index is -0.244. The molecule has 0 aliphatic rings. The van der Waals surface area contributed by atoms with Crippen molar-refractivity contribution in [2.75, 3.05) is 5.32 Å². The minimum absolute atomic E-state index is 0.244. The van der Waals surface area contributed by atoms with Gasteiger partial charge in [0.25, 0.3) is 0 Å². The Balaban J connectivity index is 1.53. The van der Waals surface area contributed by atoms with Crippen LogP contribution in [0.4, 0.5) is 5.69 Å². The van der Waals surface area contributed by atoms with Gasteiger partial charge in [0.1, 0.15) is 16.8 Å². The zero-order valence-corrected chi connectivity index (χ0v) is 14.1. The Morgan fingerprint density at radius 3 is 2.65 bits per heavy atom. The standard InChI is InChI=1S/C20H16N4O2/c1-14-4-7-16(8-5-14)24-22-18-10-6-15(13-19(18)23-24)21-20(25)11-9-17-3-2-12-26-17/h2-13H,1H3,(H,21,25). The number of carbonyl (C=O) groups excluding carboxylic acids is 1. The lowest BCUT2D eigenvalue weighted by molar-refractivity contribution is -0.111. The quantitative estimate of drug-likeness (QED) is 0.569. The summed E-state index contributed by atoms with van der Waals surface area (Å²) in [4.78, 5) is 13.6. The smallest absolute Gasteiger partial charge is 0.248 e. The van der Waals surface area contributed by atoms with Gasteiger partial charge in [0, 0.05) is 11.8 Å². The van der Waals surface area contributed by atoms with Crippen molar-refractivity contribution in [3.05, 3.63) is 78.3 Å². The largest absolute Gasteiger partial charge is 0.465 e. The van der Waals surface area contributed by atoms with E-state index < -0.39 is 0 Å². The van der Waals surface area contributed by atoms with E-state index in [0.29, 0.717) is 17.0 Å². The number of benzene rings is 2. The molecule has 1 N–H and O–H groups in total. The lowest BCUT2D eigenvalue weighted by Gasteiger charge is -2.00. The van der Waals surface area contributed by atoms with E-state index in [1.54, 1.807) is 41.4 Å². The van der Waals surface area contributed by atoms with Gasteiger partial charge in [-0.2, -0.15) is 4.80 Å². The van der Waals surface area contributed by atoms with Crippen molar-refractivity contribution in [2.45, 2.75) is 6.92 Å². The Morgan fingerprint density at radius 2 is 1.88 bits per heavy atom. The van der Waals surface area contributed by atoms with Gasteiger partial charge in [0.05, 0.1) is 12.0 Å². The van der Waals surface area contributed by atoms with E-state index in [1.165, 1.54) is 11.6 Å². The van der Waals surface area contributed by atoms with Gasteiger partial charge in [0.2, 0.25) is 5.91 Å². The van der Waals surface area contributed by atoms with Crippen molar-refractivity contribution in [3.63, 3.8) is 0 Å². The molecule has 2 aromatic carbocycles. The van der Waals surface area contributed by atoms with Crippen LogP contribution in [0.3, 0.4) is 0 Å². The number of furan rings is 1. The Kier molecular flexibility index (Phi) is 4.07. The van der Waals surface area contributed by atoms with Crippen LogP contribution in [0, 0.1) is 6.92 Å².